The number of hydrogen-bond donors (Lipinski definition) is 3. The zero-order valence-electron chi connectivity index (χ0n) is 12.3. The van der Waals surface area contributed by atoms with Gasteiger partial charge in [0.15, 0.2) is 0 Å². The Kier molecular flexibility index (Phi) is 5.70. The molecule has 0 aliphatic heterocycles. The minimum Gasteiger partial charge on any atom is -0.469 e. The summed E-state index contributed by atoms with van der Waals surface area (Å²) in [5.41, 5.74) is -0.0708. The second-order valence-electron chi connectivity index (χ2n) is 4.94. The quantitative estimate of drug-likeness (QED) is 0.534. The van der Waals surface area contributed by atoms with Crippen LogP contribution >= 0.6 is 0 Å². The molecule has 122 valence electrons. The number of carbonyl (C=O) groups excluding carboxylic acids is 1. The molecule has 1 aromatic heterocycles. The van der Waals surface area contributed by atoms with Gasteiger partial charge < -0.3 is 20.2 Å². The zero-order valence-corrected chi connectivity index (χ0v) is 12.3. The Labute approximate surface area is 132 Å². The lowest BCUT2D eigenvalue weighted by Gasteiger charge is -2.14. The van der Waals surface area contributed by atoms with Gasteiger partial charge in [-0.1, -0.05) is 12.1 Å². The second kappa shape index (κ2) is 7.95. The van der Waals surface area contributed by atoms with E-state index in [1.165, 1.54) is 18.2 Å². The molecule has 2 rings (SSSR count). The lowest BCUT2D eigenvalue weighted by Crippen LogP contribution is -2.35. The second-order valence-corrected chi connectivity index (χ2v) is 4.94. The van der Waals surface area contributed by atoms with Gasteiger partial charge in [0, 0.05) is 31.6 Å². The van der Waals surface area contributed by atoms with Gasteiger partial charge in [-0.25, -0.2) is 4.79 Å². The number of nitro benzene ring substituents is 1. The highest BCUT2D eigenvalue weighted by Crippen LogP contribution is 2.22. The van der Waals surface area contributed by atoms with Crippen molar-refractivity contribution in [2.75, 3.05) is 18.5 Å². The fraction of sp³-hybridized carbons (Fsp3) is 0.267. The molecule has 2 amide bonds. The number of nitrogens with one attached hydrogen (secondary N) is 2. The van der Waals surface area contributed by atoms with E-state index in [2.05, 4.69) is 10.6 Å². The average Bonchev–Trinajstić information content (AvgIpc) is 3.04. The van der Waals surface area contributed by atoms with E-state index in [0.717, 1.165) is 0 Å². The standard InChI is InChI=1S/C15H17N3O5/c19-10-11(8-12-4-3-7-23-12)9-16-15(20)17-13-5-1-2-6-14(13)18(21)22/h1-7,11,19H,8-10H2,(H2,16,17,20)/t11-/m1/s1. The summed E-state index contributed by atoms with van der Waals surface area (Å²) >= 11 is 0. The highest BCUT2D eigenvalue weighted by atomic mass is 16.6. The van der Waals surface area contributed by atoms with E-state index >= 15 is 0 Å². The monoisotopic (exact) mass is 319 g/mol. The lowest BCUT2D eigenvalue weighted by molar-refractivity contribution is -0.383. The normalized spacial score (nSPS) is 11.7. The molecule has 0 radical (unpaired) electrons. The lowest BCUT2D eigenvalue weighted by atomic mass is 10.1. The first kappa shape index (κ1) is 16.5. The average molecular weight is 319 g/mol. The Morgan fingerprint density at radius 2 is 2.09 bits per heavy atom. The van der Waals surface area contributed by atoms with Crippen molar-refractivity contribution in [1.82, 2.24) is 5.32 Å². The van der Waals surface area contributed by atoms with Crippen molar-refractivity contribution in [2.24, 2.45) is 5.92 Å². The molecule has 0 unspecified atom stereocenters. The van der Waals surface area contributed by atoms with E-state index in [4.69, 9.17) is 4.42 Å². The van der Waals surface area contributed by atoms with Crippen LogP contribution in [0.15, 0.2) is 47.1 Å². The molecular weight excluding hydrogens is 302 g/mol. The van der Waals surface area contributed by atoms with Crippen molar-refractivity contribution < 1.29 is 19.2 Å². The van der Waals surface area contributed by atoms with Crippen LogP contribution in [-0.2, 0) is 6.42 Å². The smallest absolute Gasteiger partial charge is 0.319 e. The number of carbonyl (C=O) groups is 1. The molecule has 0 fully saturated rings. The number of furan rings is 1. The van der Waals surface area contributed by atoms with Crippen LogP contribution in [0.1, 0.15) is 5.76 Å². The number of urea groups is 1. The summed E-state index contributed by atoms with van der Waals surface area (Å²) in [6.45, 7) is 0.0934. The summed E-state index contributed by atoms with van der Waals surface area (Å²) in [6.07, 6.45) is 2.02. The number of rotatable bonds is 7. The van der Waals surface area contributed by atoms with E-state index in [1.54, 1.807) is 24.5 Å². The van der Waals surface area contributed by atoms with Gasteiger partial charge in [0.05, 0.1) is 11.2 Å². The first-order valence-electron chi connectivity index (χ1n) is 7.01. The number of benzene rings is 1. The van der Waals surface area contributed by atoms with Crippen LogP contribution in [0.5, 0.6) is 0 Å². The van der Waals surface area contributed by atoms with Crippen molar-refractivity contribution >= 4 is 17.4 Å². The topological polar surface area (TPSA) is 118 Å². The van der Waals surface area contributed by atoms with Gasteiger partial charge in [0.25, 0.3) is 5.69 Å². The summed E-state index contributed by atoms with van der Waals surface area (Å²) in [5, 5.41) is 25.2. The molecule has 8 nitrogen and oxygen atoms in total. The molecule has 2 aromatic rings. The van der Waals surface area contributed by atoms with Gasteiger partial charge in [-0.05, 0) is 18.2 Å². The first-order valence-corrected chi connectivity index (χ1v) is 7.01. The van der Waals surface area contributed by atoms with Gasteiger partial charge in [0.1, 0.15) is 11.4 Å². The van der Waals surface area contributed by atoms with Crippen LogP contribution in [0.3, 0.4) is 0 Å². The number of anilines is 1. The fourth-order valence-electron chi connectivity index (χ4n) is 2.06. The molecule has 8 heteroatoms. The molecule has 1 heterocycles. The third-order valence-corrected chi connectivity index (χ3v) is 3.23. The first-order chi connectivity index (χ1) is 11.1. The van der Waals surface area contributed by atoms with E-state index < -0.39 is 11.0 Å². The van der Waals surface area contributed by atoms with Crippen molar-refractivity contribution in [3.05, 3.63) is 58.5 Å². The van der Waals surface area contributed by atoms with Gasteiger partial charge in [-0.2, -0.15) is 0 Å². The third kappa shape index (κ3) is 4.82. The Morgan fingerprint density at radius 3 is 2.74 bits per heavy atom. The molecule has 0 saturated carbocycles. The fourth-order valence-corrected chi connectivity index (χ4v) is 2.06. The number of amides is 2. The van der Waals surface area contributed by atoms with Gasteiger partial charge in [0.2, 0.25) is 0 Å². The van der Waals surface area contributed by atoms with E-state index in [0.29, 0.717) is 12.2 Å². The summed E-state index contributed by atoms with van der Waals surface area (Å²) in [7, 11) is 0. The SMILES string of the molecule is O=C(NC[C@H](CO)Cc1ccco1)Nc1ccccc1[N+](=O)[O-]. The van der Waals surface area contributed by atoms with Gasteiger partial charge >= 0.3 is 6.03 Å². The van der Waals surface area contributed by atoms with Crippen LogP contribution in [0, 0.1) is 16.0 Å². The van der Waals surface area contributed by atoms with Crippen molar-refractivity contribution in [3.63, 3.8) is 0 Å². The summed E-state index contributed by atoms with van der Waals surface area (Å²) in [5.74, 6) is 0.502. The number of aliphatic hydroxyl groups excluding tert-OH is 1. The predicted molar refractivity (Wildman–Crippen MR) is 83.1 cm³/mol. The minimum atomic E-state index is -0.572. The minimum absolute atomic E-state index is 0.113. The van der Waals surface area contributed by atoms with E-state index in [9.17, 15) is 20.0 Å². The Hall–Kier alpha value is -2.87. The van der Waals surface area contributed by atoms with Crippen LogP contribution in [-0.4, -0.2) is 29.2 Å². The Bertz CT molecular complexity index is 657. The molecular formula is C15H17N3O5. The largest absolute Gasteiger partial charge is 0.469 e. The molecule has 0 bridgehead atoms. The van der Waals surface area contributed by atoms with Crippen molar-refractivity contribution in [2.45, 2.75) is 6.42 Å². The molecule has 3 N–H and O–H groups in total. The summed E-state index contributed by atoms with van der Waals surface area (Å²) in [4.78, 5) is 22.2. The Balaban J connectivity index is 1.88. The van der Waals surface area contributed by atoms with Crippen LogP contribution in [0.2, 0.25) is 0 Å². The molecule has 0 aliphatic rings. The number of para-hydroxylation sites is 2. The third-order valence-electron chi connectivity index (χ3n) is 3.23. The molecule has 23 heavy (non-hydrogen) atoms. The highest BCUT2D eigenvalue weighted by molar-refractivity contribution is 5.91. The molecule has 0 saturated heterocycles. The van der Waals surface area contributed by atoms with Gasteiger partial charge in [-0.3, -0.25) is 10.1 Å². The number of aliphatic hydroxyl groups is 1. The Morgan fingerprint density at radius 1 is 1.30 bits per heavy atom. The van der Waals surface area contributed by atoms with Crippen LogP contribution in [0.25, 0.3) is 0 Å². The summed E-state index contributed by atoms with van der Waals surface area (Å²) in [6, 6.07) is 8.83. The predicted octanol–water partition coefficient (Wildman–Crippen LogP) is 2.16. The zero-order chi connectivity index (χ0) is 16.7. The maximum atomic E-state index is 11.9. The number of nitro groups is 1. The molecule has 0 spiro atoms. The van der Waals surface area contributed by atoms with Crippen LogP contribution in [0.4, 0.5) is 16.2 Å². The van der Waals surface area contributed by atoms with Crippen LogP contribution < -0.4 is 10.6 Å². The van der Waals surface area contributed by atoms with E-state index in [-0.39, 0.29) is 30.4 Å². The number of nitrogens with zero attached hydrogens (tertiary/aromatic N) is 1. The highest BCUT2D eigenvalue weighted by Gasteiger charge is 2.16. The molecule has 0 aliphatic carbocycles. The van der Waals surface area contributed by atoms with Crippen molar-refractivity contribution in [1.29, 1.82) is 0 Å². The van der Waals surface area contributed by atoms with Gasteiger partial charge in [-0.15, -0.1) is 0 Å². The maximum absolute atomic E-state index is 11.9. The van der Waals surface area contributed by atoms with E-state index in [1.807, 2.05) is 0 Å². The number of hydrogen-bond acceptors (Lipinski definition) is 5. The summed E-state index contributed by atoms with van der Waals surface area (Å²) < 4.78 is 5.20. The molecule has 1 atom stereocenters. The maximum Gasteiger partial charge on any atom is 0.319 e. The van der Waals surface area contributed by atoms with Crippen molar-refractivity contribution in [3.8, 4) is 0 Å². The molecule has 1 aromatic carbocycles.